The van der Waals surface area contributed by atoms with E-state index in [1.807, 2.05) is 44.2 Å². The number of nitrogens with zero attached hydrogens (tertiary/aromatic N) is 3. The van der Waals surface area contributed by atoms with Crippen LogP contribution in [-0.4, -0.2) is 28.4 Å². The minimum Gasteiger partial charge on any atom is -0.464 e. The molecule has 1 aromatic heterocycles. The second-order valence-electron chi connectivity index (χ2n) is 4.92. The fourth-order valence-electron chi connectivity index (χ4n) is 1.73. The van der Waals surface area contributed by atoms with E-state index in [-0.39, 0.29) is 12.7 Å². The predicted octanol–water partition coefficient (Wildman–Crippen LogP) is 3.06. The molecule has 0 fully saturated rings. The fourth-order valence-corrected chi connectivity index (χ4v) is 1.73. The van der Waals surface area contributed by atoms with Crippen LogP contribution in [0.1, 0.15) is 32.0 Å². The van der Waals surface area contributed by atoms with Crippen molar-refractivity contribution in [1.82, 2.24) is 9.97 Å². The van der Waals surface area contributed by atoms with Gasteiger partial charge < -0.3 is 9.57 Å². The summed E-state index contributed by atoms with van der Waals surface area (Å²) in [5.41, 5.74) is 2.17. The average Bonchev–Trinajstić information content (AvgIpc) is 2.56. The van der Waals surface area contributed by atoms with Crippen molar-refractivity contribution in [1.29, 1.82) is 0 Å². The van der Waals surface area contributed by atoms with E-state index in [0.717, 1.165) is 5.56 Å². The molecule has 5 nitrogen and oxygen atoms in total. The molecule has 0 amide bonds. The molecule has 0 saturated carbocycles. The summed E-state index contributed by atoms with van der Waals surface area (Å²) in [5, 5.41) is 4.24. The Morgan fingerprint density at radius 1 is 1.22 bits per heavy atom. The van der Waals surface area contributed by atoms with Gasteiger partial charge in [0.1, 0.15) is 18.1 Å². The Bertz CT molecular complexity index is 716. The molecule has 0 radical (unpaired) electrons. The summed E-state index contributed by atoms with van der Waals surface area (Å²) in [6.07, 6.45) is 1.42. The van der Waals surface area contributed by atoms with Crippen LogP contribution >= 0.6 is 0 Å². The maximum absolute atomic E-state index is 5.48. The van der Waals surface area contributed by atoms with E-state index in [9.17, 15) is 0 Å². The van der Waals surface area contributed by atoms with Gasteiger partial charge in [0.25, 0.3) is 0 Å². The van der Waals surface area contributed by atoms with Crippen molar-refractivity contribution in [2.45, 2.75) is 26.9 Å². The molecule has 118 valence electrons. The molecule has 0 atom stereocenters. The average molecular weight is 309 g/mol. The molecule has 0 N–H and O–H groups in total. The van der Waals surface area contributed by atoms with Gasteiger partial charge in [-0.3, -0.25) is 0 Å². The van der Waals surface area contributed by atoms with E-state index in [0.29, 0.717) is 17.3 Å². The summed E-state index contributed by atoms with van der Waals surface area (Å²) < 4.78 is 5.48. The molecule has 0 unspecified atom stereocenters. The Balaban J connectivity index is 2.33. The summed E-state index contributed by atoms with van der Waals surface area (Å²) in [6.45, 7) is 5.89. The molecule has 0 spiro atoms. The first kappa shape index (κ1) is 16.5. The summed E-state index contributed by atoms with van der Waals surface area (Å²) in [5.74, 6) is 6.05. The zero-order valence-electron chi connectivity index (χ0n) is 13.5. The molecule has 1 heterocycles. The van der Waals surface area contributed by atoms with Gasteiger partial charge in [0, 0.05) is 11.6 Å². The van der Waals surface area contributed by atoms with E-state index in [1.54, 1.807) is 13.0 Å². The van der Waals surface area contributed by atoms with Crippen molar-refractivity contribution >= 4 is 5.71 Å². The zero-order valence-corrected chi connectivity index (χ0v) is 13.5. The van der Waals surface area contributed by atoms with Gasteiger partial charge in [-0.15, -0.1) is 5.92 Å². The minimum absolute atomic E-state index is 0.0221. The highest BCUT2D eigenvalue weighted by Crippen LogP contribution is 2.13. The van der Waals surface area contributed by atoms with Gasteiger partial charge >= 0.3 is 0 Å². The summed E-state index contributed by atoms with van der Waals surface area (Å²) >= 11 is 0. The number of rotatable bonds is 6. The Morgan fingerprint density at radius 3 is 2.70 bits per heavy atom. The van der Waals surface area contributed by atoms with Gasteiger partial charge in [-0.05, 0) is 20.8 Å². The standard InChI is InChI=1S/C18H19N3O2/c1-4-5-11-22-17-12-16(19-13-20-17)18(21-23-14(2)3)15-9-7-6-8-10-15/h6-10,12-14H,11H2,1-3H3. The molecular weight excluding hydrogens is 290 g/mol. The maximum atomic E-state index is 5.48. The van der Waals surface area contributed by atoms with Crippen LogP contribution < -0.4 is 4.74 Å². The highest BCUT2D eigenvalue weighted by atomic mass is 16.6. The lowest BCUT2D eigenvalue weighted by Gasteiger charge is -2.09. The Morgan fingerprint density at radius 2 is 2.00 bits per heavy atom. The SMILES string of the molecule is CC#CCOc1cc(C(=NOC(C)C)c2ccccc2)ncn1. The predicted molar refractivity (Wildman–Crippen MR) is 89.3 cm³/mol. The van der Waals surface area contributed by atoms with Crippen LogP contribution in [0, 0.1) is 11.8 Å². The molecule has 1 aromatic carbocycles. The Labute approximate surface area is 136 Å². The normalized spacial score (nSPS) is 10.9. The van der Waals surface area contributed by atoms with Crippen molar-refractivity contribution in [2.24, 2.45) is 5.16 Å². The van der Waals surface area contributed by atoms with E-state index in [2.05, 4.69) is 27.0 Å². The van der Waals surface area contributed by atoms with Gasteiger partial charge in [0.2, 0.25) is 5.88 Å². The molecule has 0 saturated heterocycles. The highest BCUT2D eigenvalue weighted by molar-refractivity contribution is 6.11. The number of aromatic nitrogens is 2. The van der Waals surface area contributed by atoms with Crippen LogP contribution in [-0.2, 0) is 4.84 Å². The van der Waals surface area contributed by atoms with Crippen LogP contribution in [0.2, 0.25) is 0 Å². The molecule has 5 heteroatoms. The van der Waals surface area contributed by atoms with Crippen LogP contribution in [0.25, 0.3) is 0 Å². The third-order valence-corrected chi connectivity index (χ3v) is 2.76. The number of oxime groups is 1. The highest BCUT2D eigenvalue weighted by Gasteiger charge is 2.11. The smallest absolute Gasteiger partial charge is 0.217 e. The minimum atomic E-state index is -0.0221. The summed E-state index contributed by atoms with van der Waals surface area (Å²) in [7, 11) is 0. The molecule has 0 aliphatic heterocycles. The van der Waals surface area contributed by atoms with Crippen LogP contribution in [0.15, 0.2) is 47.9 Å². The van der Waals surface area contributed by atoms with Crippen molar-refractivity contribution < 1.29 is 9.57 Å². The Hall–Kier alpha value is -2.87. The largest absolute Gasteiger partial charge is 0.464 e. The third-order valence-electron chi connectivity index (χ3n) is 2.76. The van der Waals surface area contributed by atoms with Gasteiger partial charge in [-0.2, -0.15) is 0 Å². The second-order valence-corrected chi connectivity index (χ2v) is 4.92. The molecule has 2 rings (SSSR count). The van der Waals surface area contributed by atoms with E-state index in [4.69, 9.17) is 9.57 Å². The number of benzene rings is 1. The van der Waals surface area contributed by atoms with Crippen molar-refractivity contribution in [3.8, 4) is 17.7 Å². The number of hydrogen-bond acceptors (Lipinski definition) is 5. The second kappa shape index (κ2) is 8.54. The lowest BCUT2D eigenvalue weighted by molar-refractivity contribution is 0.0862. The van der Waals surface area contributed by atoms with Gasteiger partial charge in [-0.1, -0.05) is 41.4 Å². The van der Waals surface area contributed by atoms with Crippen molar-refractivity contribution in [3.05, 3.63) is 54.0 Å². The molecule has 2 aromatic rings. The first-order chi connectivity index (χ1) is 11.2. The van der Waals surface area contributed by atoms with E-state index >= 15 is 0 Å². The first-order valence-corrected chi connectivity index (χ1v) is 7.34. The van der Waals surface area contributed by atoms with Crippen LogP contribution in [0.3, 0.4) is 0 Å². The molecular formula is C18H19N3O2. The monoisotopic (exact) mass is 309 g/mol. The topological polar surface area (TPSA) is 56.6 Å². The van der Waals surface area contributed by atoms with E-state index < -0.39 is 0 Å². The lowest BCUT2D eigenvalue weighted by Crippen LogP contribution is -2.10. The molecule has 0 aliphatic rings. The van der Waals surface area contributed by atoms with Crippen LogP contribution in [0.4, 0.5) is 0 Å². The molecule has 0 aliphatic carbocycles. The quantitative estimate of drug-likeness (QED) is 0.467. The molecule has 23 heavy (non-hydrogen) atoms. The van der Waals surface area contributed by atoms with Crippen molar-refractivity contribution in [3.63, 3.8) is 0 Å². The van der Waals surface area contributed by atoms with Gasteiger partial charge in [0.05, 0.1) is 5.69 Å². The molecule has 0 bridgehead atoms. The van der Waals surface area contributed by atoms with Crippen LogP contribution in [0.5, 0.6) is 5.88 Å². The van der Waals surface area contributed by atoms with Gasteiger partial charge in [-0.25, -0.2) is 9.97 Å². The fraction of sp³-hybridized carbons (Fsp3) is 0.278. The van der Waals surface area contributed by atoms with Gasteiger partial charge in [0.15, 0.2) is 6.61 Å². The number of ether oxygens (including phenoxy) is 1. The summed E-state index contributed by atoms with van der Waals surface area (Å²) in [6, 6.07) is 11.5. The zero-order chi connectivity index (χ0) is 16.5. The summed E-state index contributed by atoms with van der Waals surface area (Å²) in [4.78, 5) is 13.8. The first-order valence-electron chi connectivity index (χ1n) is 7.34. The third kappa shape index (κ3) is 5.11. The lowest BCUT2D eigenvalue weighted by atomic mass is 10.1. The van der Waals surface area contributed by atoms with Crippen molar-refractivity contribution in [2.75, 3.05) is 6.61 Å². The van der Waals surface area contributed by atoms with E-state index in [1.165, 1.54) is 6.33 Å². The number of hydrogen-bond donors (Lipinski definition) is 0. The Kier molecular flexibility index (Phi) is 6.13. The maximum Gasteiger partial charge on any atom is 0.217 e.